The topological polar surface area (TPSA) is 23.8 Å². The minimum absolute atomic E-state index is 0.930. The van der Waals surface area contributed by atoms with E-state index in [1.807, 2.05) is 0 Å². The molecule has 0 heterocycles. The van der Waals surface area contributed by atoms with Crippen LogP contribution in [0.15, 0.2) is 12.2 Å². The van der Waals surface area contributed by atoms with Crippen molar-refractivity contribution in [2.24, 2.45) is 23.7 Å². The van der Waals surface area contributed by atoms with Crippen molar-refractivity contribution in [3.05, 3.63) is 12.2 Å². The van der Waals surface area contributed by atoms with Crippen LogP contribution in [0.25, 0.3) is 0 Å². The normalized spacial score (nSPS) is 30.4. The van der Waals surface area contributed by atoms with Crippen molar-refractivity contribution in [2.75, 3.05) is 0 Å². The highest BCUT2D eigenvalue weighted by Crippen LogP contribution is 2.43. The summed E-state index contributed by atoms with van der Waals surface area (Å²) in [5, 5.41) is 8.55. The van der Waals surface area contributed by atoms with Crippen LogP contribution in [-0.2, 0) is 0 Å². The Morgan fingerprint density at radius 2 is 1.32 bits per heavy atom. The minimum Gasteiger partial charge on any atom is -0.193 e. The predicted molar refractivity (Wildman–Crippen MR) is 108 cm³/mol. The largest absolute Gasteiger partial charge is 0.193 e. The molecule has 0 N–H and O–H groups in total. The first-order chi connectivity index (χ1) is 12.3. The van der Waals surface area contributed by atoms with Crippen LogP contribution in [-0.4, -0.2) is 0 Å². The Bertz CT molecular complexity index is 389. The van der Waals surface area contributed by atoms with Crippen molar-refractivity contribution in [2.45, 2.75) is 110 Å². The number of allylic oxidation sites excluding steroid dienone is 2. The summed E-state index contributed by atoms with van der Waals surface area (Å²) in [6.07, 6.45) is 26.8. The number of nitrogens with zero attached hydrogens (tertiary/aromatic N) is 1. The molecule has 2 fully saturated rings. The van der Waals surface area contributed by atoms with E-state index in [1.54, 1.807) is 6.08 Å². The number of hydrogen-bond donors (Lipinski definition) is 0. The van der Waals surface area contributed by atoms with E-state index in [-0.39, 0.29) is 0 Å². The van der Waals surface area contributed by atoms with Gasteiger partial charge >= 0.3 is 0 Å². The van der Waals surface area contributed by atoms with Crippen molar-refractivity contribution in [1.29, 1.82) is 5.26 Å². The molecule has 0 aromatic carbocycles. The summed E-state index contributed by atoms with van der Waals surface area (Å²) in [7, 11) is 0. The van der Waals surface area contributed by atoms with Gasteiger partial charge in [-0.05, 0) is 62.2 Å². The van der Waals surface area contributed by atoms with Crippen LogP contribution in [0, 0.1) is 35.0 Å². The van der Waals surface area contributed by atoms with Crippen molar-refractivity contribution < 1.29 is 0 Å². The lowest BCUT2D eigenvalue weighted by molar-refractivity contribution is 0.140. The Labute approximate surface area is 157 Å². The summed E-state index contributed by atoms with van der Waals surface area (Å²) in [5.41, 5.74) is 0. The fourth-order valence-corrected chi connectivity index (χ4v) is 5.40. The zero-order valence-corrected chi connectivity index (χ0v) is 16.7. The molecule has 0 unspecified atom stereocenters. The number of rotatable bonds is 10. The third-order valence-corrected chi connectivity index (χ3v) is 7.10. The molecule has 0 saturated heterocycles. The second-order valence-corrected chi connectivity index (χ2v) is 8.87. The zero-order chi connectivity index (χ0) is 17.7. The average molecular weight is 344 g/mol. The van der Waals surface area contributed by atoms with Crippen molar-refractivity contribution in [3.63, 3.8) is 0 Å². The van der Waals surface area contributed by atoms with Crippen LogP contribution >= 0.6 is 0 Å². The molecule has 0 aromatic heterocycles. The van der Waals surface area contributed by atoms with E-state index >= 15 is 0 Å². The van der Waals surface area contributed by atoms with E-state index in [4.69, 9.17) is 5.26 Å². The highest BCUT2D eigenvalue weighted by atomic mass is 14.4. The molecular formula is C24H41N. The quantitative estimate of drug-likeness (QED) is 0.293. The third kappa shape index (κ3) is 7.98. The van der Waals surface area contributed by atoms with Gasteiger partial charge in [-0.1, -0.05) is 77.2 Å². The highest BCUT2D eigenvalue weighted by molar-refractivity contribution is 5.01. The monoisotopic (exact) mass is 343 g/mol. The van der Waals surface area contributed by atoms with Crippen LogP contribution in [0.1, 0.15) is 110 Å². The molecule has 1 nitrogen and oxygen atoms in total. The Balaban J connectivity index is 1.54. The molecular weight excluding hydrogens is 302 g/mol. The zero-order valence-electron chi connectivity index (χ0n) is 16.7. The summed E-state index contributed by atoms with van der Waals surface area (Å²) in [4.78, 5) is 0. The van der Waals surface area contributed by atoms with Crippen LogP contribution in [0.3, 0.4) is 0 Å². The molecule has 0 radical (unpaired) electrons. The van der Waals surface area contributed by atoms with Gasteiger partial charge in [-0.2, -0.15) is 5.26 Å². The third-order valence-electron chi connectivity index (χ3n) is 7.10. The summed E-state index contributed by atoms with van der Waals surface area (Å²) >= 11 is 0. The summed E-state index contributed by atoms with van der Waals surface area (Å²) in [6, 6.07) is 2.10. The van der Waals surface area contributed by atoms with E-state index in [0.29, 0.717) is 0 Å². The van der Waals surface area contributed by atoms with Gasteiger partial charge in [0.1, 0.15) is 0 Å². The molecule has 0 spiro atoms. The maximum Gasteiger partial charge on any atom is 0.0908 e. The van der Waals surface area contributed by atoms with Crippen molar-refractivity contribution >= 4 is 0 Å². The molecule has 0 aliphatic heterocycles. The fourth-order valence-electron chi connectivity index (χ4n) is 5.40. The Morgan fingerprint density at radius 1 is 0.760 bits per heavy atom. The molecule has 0 bridgehead atoms. The van der Waals surface area contributed by atoms with Gasteiger partial charge in [-0.3, -0.25) is 0 Å². The SMILES string of the molecule is CCCCCCC[C@H]1CC[C@H](C2CCC(CC/C=C/C#N)CC2)CC1. The lowest BCUT2D eigenvalue weighted by atomic mass is 9.68. The van der Waals surface area contributed by atoms with Crippen molar-refractivity contribution in [1.82, 2.24) is 0 Å². The van der Waals surface area contributed by atoms with Gasteiger partial charge in [-0.25, -0.2) is 0 Å². The highest BCUT2D eigenvalue weighted by Gasteiger charge is 2.30. The molecule has 2 aliphatic rings. The van der Waals surface area contributed by atoms with Gasteiger partial charge in [-0.15, -0.1) is 0 Å². The summed E-state index contributed by atoms with van der Waals surface area (Å²) < 4.78 is 0. The summed E-state index contributed by atoms with van der Waals surface area (Å²) in [6.45, 7) is 2.31. The van der Waals surface area contributed by atoms with Gasteiger partial charge in [0, 0.05) is 6.08 Å². The first kappa shape index (κ1) is 20.5. The maximum absolute atomic E-state index is 8.55. The van der Waals surface area contributed by atoms with Crippen LogP contribution < -0.4 is 0 Å². The standard InChI is InChI=1S/C24H41N/c1-2-3-4-5-7-10-21-12-16-23(17-13-21)24-18-14-22(15-19-24)11-8-6-9-20-25/h6,9,21-24H,2-5,7-8,10-19H2,1H3/b9-6+/t21-,22?,23-,24?. The molecule has 2 saturated carbocycles. The van der Waals surface area contributed by atoms with Crippen LogP contribution in [0.2, 0.25) is 0 Å². The van der Waals surface area contributed by atoms with Gasteiger partial charge in [0.2, 0.25) is 0 Å². The predicted octanol–water partition coefficient (Wildman–Crippen LogP) is 7.82. The van der Waals surface area contributed by atoms with Gasteiger partial charge in [0.25, 0.3) is 0 Å². The molecule has 0 aromatic rings. The van der Waals surface area contributed by atoms with Gasteiger partial charge in [0.05, 0.1) is 6.07 Å². The Kier molecular flexibility index (Phi) is 10.3. The molecule has 0 atom stereocenters. The average Bonchev–Trinajstić information content (AvgIpc) is 2.66. The van der Waals surface area contributed by atoms with Crippen LogP contribution in [0.5, 0.6) is 0 Å². The smallest absolute Gasteiger partial charge is 0.0908 e. The summed E-state index contributed by atoms with van der Waals surface area (Å²) in [5.74, 6) is 4.08. The number of hydrogen-bond acceptors (Lipinski definition) is 1. The van der Waals surface area contributed by atoms with Crippen LogP contribution in [0.4, 0.5) is 0 Å². The molecule has 142 valence electrons. The minimum atomic E-state index is 0.930. The fraction of sp³-hybridized carbons (Fsp3) is 0.875. The van der Waals surface area contributed by atoms with E-state index < -0.39 is 0 Å². The molecule has 2 rings (SSSR count). The first-order valence-corrected chi connectivity index (χ1v) is 11.4. The van der Waals surface area contributed by atoms with Gasteiger partial charge in [0.15, 0.2) is 0 Å². The Hall–Kier alpha value is -0.770. The van der Waals surface area contributed by atoms with E-state index in [9.17, 15) is 0 Å². The second kappa shape index (κ2) is 12.6. The maximum atomic E-state index is 8.55. The van der Waals surface area contributed by atoms with E-state index in [0.717, 1.165) is 30.1 Å². The number of nitriles is 1. The molecule has 2 aliphatic carbocycles. The second-order valence-electron chi connectivity index (χ2n) is 8.87. The van der Waals surface area contributed by atoms with E-state index in [1.165, 1.54) is 96.3 Å². The Morgan fingerprint density at radius 3 is 1.88 bits per heavy atom. The van der Waals surface area contributed by atoms with Crippen molar-refractivity contribution in [3.8, 4) is 6.07 Å². The molecule has 0 amide bonds. The molecule has 1 heteroatoms. The van der Waals surface area contributed by atoms with Gasteiger partial charge < -0.3 is 0 Å². The molecule has 25 heavy (non-hydrogen) atoms. The van der Waals surface area contributed by atoms with E-state index in [2.05, 4.69) is 19.1 Å². The number of unbranched alkanes of at least 4 members (excludes halogenated alkanes) is 4. The lowest BCUT2D eigenvalue weighted by Gasteiger charge is -2.38. The lowest BCUT2D eigenvalue weighted by Crippen LogP contribution is -2.25. The first-order valence-electron chi connectivity index (χ1n) is 11.4.